The predicted molar refractivity (Wildman–Crippen MR) is 103 cm³/mol. The third kappa shape index (κ3) is 4.62. The molecule has 0 saturated heterocycles. The summed E-state index contributed by atoms with van der Waals surface area (Å²) in [7, 11) is 0. The number of esters is 1. The summed E-state index contributed by atoms with van der Waals surface area (Å²) in [4.78, 5) is 24.6. The van der Waals surface area contributed by atoms with Gasteiger partial charge in [-0.1, -0.05) is 23.7 Å². The van der Waals surface area contributed by atoms with E-state index in [2.05, 4.69) is 20.3 Å². The highest BCUT2D eigenvalue weighted by Crippen LogP contribution is 2.21. The molecule has 0 bridgehead atoms. The van der Waals surface area contributed by atoms with Crippen LogP contribution in [0.15, 0.2) is 49.2 Å². The molecule has 140 valence electrons. The van der Waals surface area contributed by atoms with Gasteiger partial charge in [0.1, 0.15) is 0 Å². The molecule has 3 rings (SSSR count). The van der Waals surface area contributed by atoms with Crippen LogP contribution in [0.3, 0.4) is 0 Å². The van der Waals surface area contributed by atoms with Gasteiger partial charge in [0.15, 0.2) is 0 Å². The number of carbonyl (C=O) groups excluding carboxylic acids is 1. The average molecular weight is 386 g/mol. The number of halogens is 1. The standard InChI is InChI=1S/C19H20ClN5O2/c1-3-27-18(26)16-10-22-19(24-13(16)2)23-11-17(25-9-8-21-12-25)14-4-6-15(20)7-5-14/h4-10,12,17H,3,11H2,1-2H3,(H,22,23,24). The number of nitrogens with zero attached hydrogens (tertiary/aromatic N) is 4. The van der Waals surface area contributed by atoms with E-state index >= 15 is 0 Å². The Bertz CT molecular complexity index is 897. The number of rotatable bonds is 7. The molecule has 0 aliphatic carbocycles. The lowest BCUT2D eigenvalue weighted by Gasteiger charge is -2.20. The zero-order valence-corrected chi connectivity index (χ0v) is 15.8. The summed E-state index contributed by atoms with van der Waals surface area (Å²) in [5, 5.41) is 3.91. The van der Waals surface area contributed by atoms with E-state index in [0.29, 0.717) is 35.4 Å². The lowest BCUT2D eigenvalue weighted by molar-refractivity contribution is 0.0524. The largest absolute Gasteiger partial charge is 0.462 e. The van der Waals surface area contributed by atoms with E-state index in [1.807, 2.05) is 35.0 Å². The predicted octanol–water partition coefficient (Wildman–Crippen LogP) is 3.51. The van der Waals surface area contributed by atoms with Crippen molar-refractivity contribution < 1.29 is 9.53 Å². The Kier molecular flexibility index (Phi) is 6.03. The first-order valence-electron chi connectivity index (χ1n) is 8.56. The van der Waals surface area contributed by atoms with Crippen molar-refractivity contribution in [2.24, 2.45) is 0 Å². The molecule has 7 nitrogen and oxygen atoms in total. The summed E-state index contributed by atoms with van der Waals surface area (Å²) >= 11 is 6.00. The number of benzene rings is 1. The normalized spacial score (nSPS) is 11.8. The van der Waals surface area contributed by atoms with Crippen molar-refractivity contribution in [1.29, 1.82) is 0 Å². The fourth-order valence-electron chi connectivity index (χ4n) is 2.68. The first-order valence-corrected chi connectivity index (χ1v) is 8.93. The molecule has 0 aliphatic rings. The average Bonchev–Trinajstić information content (AvgIpc) is 3.18. The Labute approximate surface area is 162 Å². The Morgan fingerprint density at radius 2 is 2.11 bits per heavy atom. The monoisotopic (exact) mass is 385 g/mol. The molecule has 1 unspecified atom stereocenters. The quantitative estimate of drug-likeness (QED) is 0.627. The number of imidazole rings is 1. The topological polar surface area (TPSA) is 81.9 Å². The molecule has 27 heavy (non-hydrogen) atoms. The van der Waals surface area contributed by atoms with Gasteiger partial charge >= 0.3 is 5.97 Å². The first kappa shape index (κ1) is 18.8. The van der Waals surface area contributed by atoms with E-state index in [-0.39, 0.29) is 6.04 Å². The number of hydrogen-bond donors (Lipinski definition) is 1. The van der Waals surface area contributed by atoms with Gasteiger partial charge in [-0.05, 0) is 31.5 Å². The molecular weight excluding hydrogens is 366 g/mol. The number of hydrogen-bond acceptors (Lipinski definition) is 6. The summed E-state index contributed by atoms with van der Waals surface area (Å²) in [6, 6.07) is 7.65. The molecule has 0 saturated carbocycles. The van der Waals surface area contributed by atoms with Crippen LogP contribution in [0.1, 0.15) is 34.6 Å². The number of nitrogens with one attached hydrogen (secondary N) is 1. The smallest absolute Gasteiger partial charge is 0.341 e. The minimum atomic E-state index is -0.418. The van der Waals surface area contributed by atoms with Crippen molar-refractivity contribution in [2.45, 2.75) is 19.9 Å². The molecule has 1 N–H and O–H groups in total. The Morgan fingerprint density at radius 1 is 1.33 bits per heavy atom. The van der Waals surface area contributed by atoms with E-state index in [1.165, 1.54) is 6.20 Å². The molecule has 0 radical (unpaired) electrons. The minimum Gasteiger partial charge on any atom is -0.462 e. The van der Waals surface area contributed by atoms with Crippen LogP contribution in [0.4, 0.5) is 5.95 Å². The second-order valence-corrected chi connectivity index (χ2v) is 6.31. The van der Waals surface area contributed by atoms with Gasteiger partial charge in [-0.15, -0.1) is 0 Å². The van der Waals surface area contributed by atoms with Crippen molar-refractivity contribution in [1.82, 2.24) is 19.5 Å². The summed E-state index contributed by atoms with van der Waals surface area (Å²) in [6.07, 6.45) is 6.88. The SMILES string of the molecule is CCOC(=O)c1cnc(NCC(c2ccc(Cl)cc2)n2ccnc2)nc1C. The first-order chi connectivity index (χ1) is 13.1. The maximum atomic E-state index is 11.9. The molecule has 3 aromatic rings. The number of aromatic nitrogens is 4. The maximum absolute atomic E-state index is 11.9. The number of aryl methyl sites for hydroxylation is 1. The van der Waals surface area contributed by atoms with E-state index in [4.69, 9.17) is 16.3 Å². The van der Waals surface area contributed by atoms with E-state index in [1.54, 1.807) is 26.4 Å². The van der Waals surface area contributed by atoms with Crippen LogP contribution in [0.25, 0.3) is 0 Å². The van der Waals surface area contributed by atoms with Crippen LogP contribution in [0.5, 0.6) is 0 Å². The van der Waals surface area contributed by atoms with Crippen LogP contribution >= 0.6 is 11.6 Å². The minimum absolute atomic E-state index is 0.0154. The number of ether oxygens (including phenoxy) is 1. The van der Waals surface area contributed by atoms with Gasteiger partial charge in [-0.25, -0.2) is 19.7 Å². The lowest BCUT2D eigenvalue weighted by Crippen LogP contribution is -2.20. The second kappa shape index (κ2) is 8.64. The Morgan fingerprint density at radius 3 is 2.74 bits per heavy atom. The highest BCUT2D eigenvalue weighted by Gasteiger charge is 2.16. The van der Waals surface area contributed by atoms with Crippen molar-refractivity contribution in [3.05, 3.63) is 71.0 Å². The molecule has 8 heteroatoms. The maximum Gasteiger partial charge on any atom is 0.341 e. The summed E-state index contributed by atoms with van der Waals surface area (Å²) in [6.45, 7) is 4.37. The molecule has 0 spiro atoms. The van der Waals surface area contributed by atoms with Crippen LogP contribution in [-0.4, -0.2) is 38.6 Å². The molecule has 1 aromatic carbocycles. The molecule has 1 atom stereocenters. The molecule has 0 fully saturated rings. The molecule has 2 heterocycles. The Balaban J connectivity index is 1.77. The molecule has 0 aliphatic heterocycles. The second-order valence-electron chi connectivity index (χ2n) is 5.87. The third-order valence-corrected chi connectivity index (χ3v) is 4.32. The molecule has 2 aromatic heterocycles. The zero-order valence-electron chi connectivity index (χ0n) is 15.1. The highest BCUT2D eigenvalue weighted by atomic mass is 35.5. The zero-order chi connectivity index (χ0) is 19.2. The van der Waals surface area contributed by atoms with Crippen LogP contribution in [-0.2, 0) is 4.74 Å². The van der Waals surface area contributed by atoms with Crippen molar-refractivity contribution >= 4 is 23.5 Å². The van der Waals surface area contributed by atoms with Crippen molar-refractivity contribution in [3.63, 3.8) is 0 Å². The van der Waals surface area contributed by atoms with Gasteiger partial charge in [-0.3, -0.25) is 0 Å². The van der Waals surface area contributed by atoms with E-state index in [0.717, 1.165) is 5.56 Å². The van der Waals surface area contributed by atoms with Crippen molar-refractivity contribution in [2.75, 3.05) is 18.5 Å². The van der Waals surface area contributed by atoms with E-state index in [9.17, 15) is 4.79 Å². The third-order valence-electron chi connectivity index (χ3n) is 4.07. The fraction of sp³-hybridized carbons (Fsp3) is 0.263. The van der Waals surface area contributed by atoms with Gasteiger partial charge in [0.25, 0.3) is 0 Å². The summed E-state index contributed by atoms with van der Waals surface area (Å²) in [5.74, 6) is 0.0265. The van der Waals surface area contributed by atoms with E-state index < -0.39 is 5.97 Å². The van der Waals surface area contributed by atoms with Crippen LogP contribution in [0, 0.1) is 6.92 Å². The number of carbonyl (C=O) groups is 1. The Hall–Kier alpha value is -2.93. The molecule has 0 amide bonds. The van der Waals surface area contributed by atoms with Gasteiger partial charge in [0, 0.05) is 30.2 Å². The summed E-state index contributed by atoms with van der Waals surface area (Å²) < 4.78 is 7.00. The highest BCUT2D eigenvalue weighted by molar-refractivity contribution is 6.30. The van der Waals surface area contributed by atoms with Gasteiger partial charge in [-0.2, -0.15) is 0 Å². The van der Waals surface area contributed by atoms with Crippen molar-refractivity contribution in [3.8, 4) is 0 Å². The lowest BCUT2D eigenvalue weighted by atomic mass is 10.1. The van der Waals surface area contributed by atoms with Gasteiger partial charge in [0.2, 0.25) is 5.95 Å². The number of anilines is 1. The van der Waals surface area contributed by atoms with Crippen LogP contribution in [0.2, 0.25) is 5.02 Å². The van der Waals surface area contributed by atoms with Crippen LogP contribution < -0.4 is 5.32 Å². The molecular formula is C19H20ClN5O2. The van der Waals surface area contributed by atoms with Gasteiger partial charge in [0.05, 0.1) is 30.2 Å². The van der Waals surface area contributed by atoms with Gasteiger partial charge < -0.3 is 14.6 Å². The summed E-state index contributed by atoms with van der Waals surface area (Å²) in [5.41, 5.74) is 2.01. The fourth-order valence-corrected chi connectivity index (χ4v) is 2.81.